The molecule has 0 saturated carbocycles. The maximum atomic E-state index is 13.5. The van der Waals surface area contributed by atoms with Crippen LogP contribution in [0, 0.1) is 5.82 Å². The van der Waals surface area contributed by atoms with Crippen molar-refractivity contribution in [2.24, 2.45) is 0 Å². The molecule has 9 heteroatoms. The van der Waals surface area contributed by atoms with E-state index in [0.29, 0.717) is 16.6 Å². The molecule has 3 aromatic rings. The van der Waals surface area contributed by atoms with Crippen molar-refractivity contribution >= 4 is 23.4 Å². The van der Waals surface area contributed by atoms with Gasteiger partial charge in [-0.3, -0.25) is 4.79 Å². The van der Waals surface area contributed by atoms with Gasteiger partial charge in [0.25, 0.3) is 0 Å². The molecule has 2 heterocycles. The third-order valence-corrected chi connectivity index (χ3v) is 6.04. The maximum absolute atomic E-state index is 13.5. The number of benzene rings is 2. The van der Waals surface area contributed by atoms with Crippen LogP contribution in [0.25, 0.3) is 0 Å². The van der Waals surface area contributed by atoms with Gasteiger partial charge in [-0.1, -0.05) is 30.8 Å². The number of nitrogens with one attached hydrogen (secondary N) is 2. The predicted molar refractivity (Wildman–Crippen MR) is 114 cm³/mol. The van der Waals surface area contributed by atoms with E-state index < -0.39 is 5.25 Å². The predicted octanol–water partition coefficient (Wildman–Crippen LogP) is 3.78. The van der Waals surface area contributed by atoms with Crippen LogP contribution in [0.4, 0.5) is 10.1 Å². The standard InChI is InChI=1S/C21H22FN5O2S/c1-3-4-17-24-25-21-27(17)26-18(13-5-7-14(22)8-6-13)19(30-21)20(28)23-15-9-11-16(29-2)12-10-15/h5-12,18-19,26H,3-4H2,1-2H3,(H,23,28)/t18-,19+/m1/s1. The first-order valence-electron chi connectivity index (χ1n) is 9.67. The monoisotopic (exact) mass is 427 g/mol. The van der Waals surface area contributed by atoms with Crippen LogP contribution in [0.2, 0.25) is 0 Å². The third-order valence-electron chi connectivity index (χ3n) is 4.82. The van der Waals surface area contributed by atoms with Gasteiger partial charge in [0.05, 0.1) is 13.2 Å². The molecule has 0 aliphatic carbocycles. The second-order valence-corrected chi connectivity index (χ2v) is 8.01. The zero-order valence-corrected chi connectivity index (χ0v) is 17.4. The minimum atomic E-state index is -0.524. The highest BCUT2D eigenvalue weighted by Gasteiger charge is 2.37. The second-order valence-electron chi connectivity index (χ2n) is 6.90. The van der Waals surface area contributed by atoms with Crippen LogP contribution in [0.15, 0.2) is 53.7 Å². The number of aryl methyl sites for hydroxylation is 1. The SMILES string of the molecule is CCCc1nnc2n1N[C@H](c1ccc(F)cc1)[C@@H](C(=O)Nc1ccc(OC)cc1)S2. The molecule has 1 aliphatic rings. The number of anilines is 1. The zero-order chi connectivity index (χ0) is 21.1. The summed E-state index contributed by atoms with van der Waals surface area (Å²) in [6.45, 7) is 2.07. The first-order valence-corrected chi connectivity index (χ1v) is 10.5. The maximum Gasteiger partial charge on any atom is 0.240 e. The fourth-order valence-electron chi connectivity index (χ4n) is 3.29. The smallest absolute Gasteiger partial charge is 0.240 e. The number of nitrogens with zero attached hydrogens (tertiary/aromatic N) is 3. The largest absolute Gasteiger partial charge is 0.497 e. The molecule has 0 saturated heterocycles. The number of carbonyl (C=O) groups excluding carboxylic acids is 1. The van der Waals surface area contributed by atoms with Crippen LogP contribution >= 0.6 is 11.8 Å². The van der Waals surface area contributed by atoms with E-state index in [4.69, 9.17) is 4.74 Å². The normalized spacial score (nSPS) is 17.7. The molecule has 1 amide bonds. The number of fused-ring (bicyclic) bond motifs is 1. The summed E-state index contributed by atoms with van der Waals surface area (Å²) in [5, 5.41) is 11.5. The van der Waals surface area contributed by atoms with Crippen LogP contribution in [0.1, 0.15) is 30.8 Å². The summed E-state index contributed by atoms with van der Waals surface area (Å²) in [6.07, 6.45) is 1.69. The average Bonchev–Trinajstić information content (AvgIpc) is 3.16. The van der Waals surface area contributed by atoms with Crippen LogP contribution in [-0.2, 0) is 11.2 Å². The Labute approximate surface area is 178 Å². The van der Waals surface area contributed by atoms with Gasteiger partial charge in [-0.15, -0.1) is 10.2 Å². The number of ether oxygens (including phenoxy) is 1. The van der Waals surface area contributed by atoms with Gasteiger partial charge in [0.2, 0.25) is 11.1 Å². The van der Waals surface area contributed by atoms with Crippen molar-refractivity contribution in [1.29, 1.82) is 0 Å². The highest BCUT2D eigenvalue weighted by Crippen LogP contribution is 2.37. The minimum Gasteiger partial charge on any atom is -0.497 e. The van der Waals surface area contributed by atoms with Crippen molar-refractivity contribution in [2.75, 3.05) is 17.9 Å². The number of aromatic nitrogens is 3. The molecule has 0 unspecified atom stereocenters. The molecule has 156 valence electrons. The van der Waals surface area contributed by atoms with Crippen LogP contribution in [-0.4, -0.2) is 33.1 Å². The van der Waals surface area contributed by atoms with Crippen molar-refractivity contribution in [3.05, 3.63) is 65.7 Å². The Morgan fingerprint density at radius 1 is 1.20 bits per heavy atom. The number of hydrogen-bond donors (Lipinski definition) is 2. The number of halogens is 1. The second kappa shape index (κ2) is 8.74. The van der Waals surface area contributed by atoms with E-state index in [0.717, 1.165) is 24.2 Å². The summed E-state index contributed by atoms with van der Waals surface area (Å²) >= 11 is 1.34. The highest BCUT2D eigenvalue weighted by atomic mass is 32.2. The summed E-state index contributed by atoms with van der Waals surface area (Å²) in [4.78, 5) is 13.2. The number of amides is 1. The molecule has 30 heavy (non-hydrogen) atoms. The van der Waals surface area contributed by atoms with Gasteiger partial charge in [-0.05, 0) is 48.4 Å². The van der Waals surface area contributed by atoms with Gasteiger partial charge in [0.15, 0.2) is 5.82 Å². The molecular formula is C21H22FN5O2S. The highest BCUT2D eigenvalue weighted by molar-refractivity contribution is 8.00. The molecule has 7 nitrogen and oxygen atoms in total. The molecule has 0 bridgehead atoms. The van der Waals surface area contributed by atoms with Crippen LogP contribution in [0.5, 0.6) is 5.75 Å². The van der Waals surface area contributed by atoms with E-state index in [1.165, 1.54) is 23.9 Å². The average molecular weight is 428 g/mol. The van der Waals surface area contributed by atoms with Crippen molar-refractivity contribution in [1.82, 2.24) is 14.9 Å². The molecule has 2 aromatic carbocycles. The Balaban J connectivity index is 1.63. The van der Waals surface area contributed by atoms with Gasteiger partial charge in [-0.2, -0.15) is 0 Å². The lowest BCUT2D eigenvalue weighted by Gasteiger charge is -2.33. The van der Waals surface area contributed by atoms with Gasteiger partial charge in [-0.25, -0.2) is 9.07 Å². The van der Waals surface area contributed by atoms with E-state index in [1.807, 2.05) is 4.68 Å². The van der Waals surface area contributed by atoms with Crippen molar-refractivity contribution in [3.63, 3.8) is 0 Å². The summed E-state index contributed by atoms with van der Waals surface area (Å²) < 4.78 is 20.5. The number of rotatable bonds is 6. The Kier molecular flexibility index (Phi) is 5.89. The van der Waals surface area contributed by atoms with E-state index in [2.05, 4.69) is 27.9 Å². The first kappa shape index (κ1) is 20.2. The zero-order valence-electron chi connectivity index (χ0n) is 16.6. The Bertz CT molecular complexity index is 1020. The van der Waals surface area contributed by atoms with Crippen molar-refractivity contribution < 1.29 is 13.9 Å². The summed E-state index contributed by atoms with van der Waals surface area (Å²) in [5.41, 5.74) is 4.84. The van der Waals surface area contributed by atoms with Gasteiger partial charge < -0.3 is 15.5 Å². The van der Waals surface area contributed by atoms with Crippen LogP contribution < -0.4 is 15.5 Å². The third kappa shape index (κ3) is 4.11. The van der Waals surface area contributed by atoms with Crippen LogP contribution in [0.3, 0.4) is 0 Å². The fraction of sp³-hybridized carbons (Fsp3) is 0.286. The quantitative estimate of drug-likeness (QED) is 0.623. The number of carbonyl (C=O) groups is 1. The summed E-state index contributed by atoms with van der Waals surface area (Å²) in [5.74, 6) is 1.01. The van der Waals surface area contributed by atoms with Gasteiger partial charge in [0.1, 0.15) is 16.8 Å². The summed E-state index contributed by atoms with van der Waals surface area (Å²) in [7, 11) is 1.59. The number of thioether (sulfide) groups is 1. The van der Waals surface area contributed by atoms with Gasteiger partial charge in [0, 0.05) is 12.1 Å². The lowest BCUT2D eigenvalue weighted by Crippen LogP contribution is -2.41. The number of methoxy groups -OCH3 is 1. The molecule has 1 aromatic heterocycles. The van der Waals surface area contributed by atoms with E-state index in [9.17, 15) is 9.18 Å². The Morgan fingerprint density at radius 2 is 1.93 bits per heavy atom. The lowest BCUT2D eigenvalue weighted by molar-refractivity contribution is -0.116. The molecule has 1 aliphatic heterocycles. The van der Waals surface area contributed by atoms with Gasteiger partial charge >= 0.3 is 0 Å². The molecule has 4 rings (SSSR count). The Hall–Kier alpha value is -3.07. The molecular weight excluding hydrogens is 405 g/mol. The fourth-order valence-corrected chi connectivity index (χ4v) is 4.39. The molecule has 2 atom stereocenters. The molecule has 2 N–H and O–H groups in total. The number of hydrogen-bond acceptors (Lipinski definition) is 6. The molecule has 0 spiro atoms. The molecule has 0 radical (unpaired) electrons. The first-order chi connectivity index (χ1) is 14.6. The van der Waals surface area contributed by atoms with E-state index in [1.54, 1.807) is 43.5 Å². The van der Waals surface area contributed by atoms with Crippen molar-refractivity contribution in [2.45, 2.75) is 36.2 Å². The lowest BCUT2D eigenvalue weighted by atomic mass is 10.0. The van der Waals surface area contributed by atoms with E-state index in [-0.39, 0.29) is 17.8 Å². The van der Waals surface area contributed by atoms with E-state index >= 15 is 0 Å². The summed E-state index contributed by atoms with van der Waals surface area (Å²) in [6, 6.07) is 12.9. The topological polar surface area (TPSA) is 81.1 Å². The van der Waals surface area contributed by atoms with Crippen molar-refractivity contribution in [3.8, 4) is 5.75 Å². The molecule has 0 fully saturated rings. The minimum absolute atomic E-state index is 0.182. The Morgan fingerprint density at radius 3 is 2.60 bits per heavy atom.